The number of rotatable bonds is 1. The van der Waals surface area contributed by atoms with Gasteiger partial charge in [-0.1, -0.05) is 38.4 Å². The third-order valence-electron chi connectivity index (χ3n) is 3.46. The van der Waals surface area contributed by atoms with Crippen molar-refractivity contribution in [2.45, 2.75) is 46.1 Å². The summed E-state index contributed by atoms with van der Waals surface area (Å²) in [4.78, 5) is 4.81. The highest BCUT2D eigenvalue weighted by Crippen LogP contribution is 2.32. The molecule has 2 rings (SSSR count). The van der Waals surface area contributed by atoms with E-state index in [4.69, 9.17) is 22.3 Å². The normalized spacial score (nSPS) is 13.8. The number of hydrogen-bond acceptors (Lipinski definition) is 2. The van der Waals surface area contributed by atoms with Crippen LogP contribution in [-0.2, 0) is 5.41 Å². The number of nitrogens with two attached hydrogens (primary N) is 1. The van der Waals surface area contributed by atoms with Crippen molar-refractivity contribution in [3.05, 3.63) is 40.0 Å². The summed E-state index contributed by atoms with van der Waals surface area (Å²) in [5.41, 5.74) is 10.3. The summed E-state index contributed by atoms with van der Waals surface area (Å²) in [5, 5.41) is 1.85. The lowest BCUT2D eigenvalue weighted by Crippen LogP contribution is -2.16. The van der Waals surface area contributed by atoms with E-state index in [9.17, 15) is 0 Å². The molecule has 0 aliphatic rings. The van der Waals surface area contributed by atoms with Crippen LogP contribution in [0.25, 0.3) is 10.9 Å². The lowest BCUT2D eigenvalue weighted by atomic mass is 9.88. The maximum Gasteiger partial charge on any atom is 0.0752 e. The molecular weight excluding hydrogens is 256 g/mol. The Labute approximate surface area is 120 Å². The van der Waals surface area contributed by atoms with E-state index in [2.05, 4.69) is 26.8 Å². The van der Waals surface area contributed by atoms with Crippen LogP contribution in [0.4, 0.5) is 0 Å². The second kappa shape index (κ2) is 4.77. The SMILES string of the molecule is Cc1c(Cl)ccc2c(C(C)N)cc(C(C)(C)C)nc12. The van der Waals surface area contributed by atoms with E-state index in [1.54, 1.807) is 0 Å². The van der Waals surface area contributed by atoms with Crippen molar-refractivity contribution in [3.8, 4) is 0 Å². The average molecular weight is 277 g/mol. The largest absolute Gasteiger partial charge is 0.324 e. The molecule has 1 aromatic carbocycles. The van der Waals surface area contributed by atoms with E-state index in [1.165, 1.54) is 0 Å². The Bertz CT molecular complexity index is 625. The highest BCUT2D eigenvalue weighted by atomic mass is 35.5. The number of aryl methyl sites for hydroxylation is 1. The van der Waals surface area contributed by atoms with Crippen molar-refractivity contribution in [3.63, 3.8) is 0 Å². The molecule has 19 heavy (non-hydrogen) atoms. The standard InChI is InChI=1S/C16H21ClN2/c1-9-13(17)7-6-11-12(10(2)18)8-14(16(3,4)5)19-15(9)11/h6-8,10H,18H2,1-5H3. The van der Waals surface area contributed by atoms with Crippen LogP contribution in [0.1, 0.15) is 50.6 Å². The number of halogens is 1. The summed E-state index contributed by atoms with van der Waals surface area (Å²) in [6, 6.07) is 6.04. The van der Waals surface area contributed by atoms with Crippen molar-refractivity contribution in [2.75, 3.05) is 0 Å². The van der Waals surface area contributed by atoms with E-state index in [-0.39, 0.29) is 11.5 Å². The smallest absolute Gasteiger partial charge is 0.0752 e. The lowest BCUT2D eigenvalue weighted by molar-refractivity contribution is 0.569. The van der Waals surface area contributed by atoms with E-state index < -0.39 is 0 Å². The summed E-state index contributed by atoms with van der Waals surface area (Å²) in [6.07, 6.45) is 0. The molecule has 0 bridgehead atoms. The maximum atomic E-state index is 6.21. The predicted octanol–water partition coefficient (Wildman–Crippen LogP) is 4.51. The van der Waals surface area contributed by atoms with Crippen molar-refractivity contribution in [2.24, 2.45) is 5.73 Å². The number of benzene rings is 1. The van der Waals surface area contributed by atoms with Gasteiger partial charge in [0.25, 0.3) is 0 Å². The minimum atomic E-state index is -0.0211. The Balaban J connectivity index is 2.88. The van der Waals surface area contributed by atoms with Crippen LogP contribution in [-0.4, -0.2) is 4.98 Å². The summed E-state index contributed by atoms with van der Waals surface area (Å²) >= 11 is 6.21. The molecule has 0 aliphatic heterocycles. The fourth-order valence-corrected chi connectivity index (χ4v) is 2.34. The first kappa shape index (κ1) is 14.3. The van der Waals surface area contributed by atoms with E-state index in [1.807, 2.05) is 26.0 Å². The molecule has 2 nitrogen and oxygen atoms in total. The van der Waals surface area contributed by atoms with Gasteiger partial charge in [0.1, 0.15) is 0 Å². The first-order valence-electron chi connectivity index (χ1n) is 6.57. The minimum Gasteiger partial charge on any atom is -0.324 e. The zero-order chi connectivity index (χ0) is 14.4. The van der Waals surface area contributed by atoms with Gasteiger partial charge in [0.05, 0.1) is 5.52 Å². The summed E-state index contributed by atoms with van der Waals surface area (Å²) in [5.74, 6) is 0. The van der Waals surface area contributed by atoms with Gasteiger partial charge in [0.2, 0.25) is 0 Å². The van der Waals surface area contributed by atoms with Crippen molar-refractivity contribution >= 4 is 22.5 Å². The number of pyridine rings is 1. The van der Waals surface area contributed by atoms with Crippen LogP contribution in [0.3, 0.4) is 0 Å². The zero-order valence-electron chi connectivity index (χ0n) is 12.2. The van der Waals surface area contributed by atoms with Crippen LogP contribution in [0.5, 0.6) is 0 Å². The molecule has 3 heteroatoms. The van der Waals surface area contributed by atoms with Crippen LogP contribution in [0, 0.1) is 6.92 Å². The molecule has 0 fully saturated rings. The average Bonchev–Trinajstić information content (AvgIpc) is 2.31. The summed E-state index contributed by atoms with van der Waals surface area (Å²) in [6.45, 7) is 10.5. The fraction of sp³-hybridized carbons (Fsp3) is 0.438. The molecule has 1 atom stereocenters. The molecule has 0 saturated carbocycles. The maximum absolute atomic E-state index is 6.21. The second-order valence-corrected chi connectivity index (χ2v) is 6.61. The van der Waals surface area contributed by atoms with Gasteiger partial charge in [-0.25, -0.2) is 0 Å². The van der Waals surface area contributed by atoms with Gasteiger partial charge in [-0.3, -0.25) is 4.98 Å². The van der Waals surface area contributed by atoms with Gasteiger partial charge in [0.15, 0.2) is 0 Å². The van der Waals surface area contributed by atoms with Gasteiger partial charge < -0.3 is 5.73 Å². The molecule has 1 aromatic heterocycles. The molecule has 2 N–H and O–H groups in total. The molecule has 102 valence electrons. The van der Waals surface area contributed by atoms with Crippen LogP contribution in [0.15, 0.2) is 18.2 Å². The Hall–Kier alpha value is -1.12. The molecule has 0 radical (unpaired) electrons. The van der Waals surface area contributed by atoms with Gasteiger partial charge in [-0.15, -0.1) is 0 Å². The molecule has 1 heterocycles. The third-order valence-corrected chi connectivity index (χ3v) is 3.87. The number of fused-ring (bicyclic) bond motifs is 1. The number of aromatic nitrogens is 1. The Kier molecular flexibility index (Phi) is 3.59. The topological polar surface area (TPSA) is 38.9 Å². The fourth-order valence-electron chi connectivity index (χ4n) is 2.19. The Morgan fingerprint density at radius 2 is 1.89 bits per heavy atom. The van der Waals surface area contributed by atoms with Crippen LogP contribution in [0.2, 0.25) is 5.02 Å². The zero-order valence-corrected chi connectivity index (χ0v) is 13.0. The molecule has 2 aromatic rings. The second-order valence-electron chi connectivity index (χ2n) is 6.20. The van der Waals surface area contributed by atoms with E-state index in [0.29, 0.717) is 0 Å². The van der Waals surface area contributed by atoms with Gasteiger partial charge >= 0.3 is 0 Å². The van der Waals surface area contributed by atoms with E-state index >= 15 is 0 Å². The third kappa shape index (κ3) is 2.60. The molecule has 1 unspecified atom stereocenters. The molecule has 0 spiro atoms. The summed E-state index contributed by atoms with van der Waals surface area (Å²) in [7, 11) is 0. The number of nitrogens with zero attached hydrogens (tertiary/aromatic N) is 1. The van der Waals surface area contributed by atoms with Crippen LogP contribution >= 0.6 is 11.6 Å². The first-order valence-corrected chi connectivity index (χ1v) is 6.95. The quantitative estimate of drug-likeness (QED) is 0.832. The lowest BCUT2D eigenvalue weighted by Gasteiger charge is -2.22. The monoisotopic (exact) mass is 276 g/mol. The molecule has 0 aliphatic carbocycles. The Morgan fingerprint density at radius 3 is 2.42 bits per heavy atom. The van der Waals surface area contributed by atoms with E-state index in [0.717, 1.165) is 32.7 Å². The summed E-state index contributed by atoms with van der Waals surface area (Å²) < 4.78 is 0. The van der Waals surface area contributed by atoms with Crippen molar-refractivity contribution < 1.29 is 0 Å². The number of hydrogen-bond donors (Lipinski definition) is 1. The van der Waals surface area contributed by atoms with Gasteiger partial charge in [-0.2, -0.15) is 0 Å². The predicted molar refractivity (Wildman–Crippen MR) is 82.8 cm³/mol. The first-order chi connectivity index (χ1) is 8.71. The Morgan fingerprint density at radius 1 is 1.26 bits per heavy atom. The van der Waals surface area contributed by atoms with Gasteiger partial charge in [-0.05, 0) is 37.1 Å². The van der Waals surface area contributed by atoms with Gasteiger partial charge in [0, 0.05) is 27.6 Å². The highest BCUT2D eigenvalue weighted by molar-refractivity contribution is 6.32. The van der Waals surface area contributed by atoms with Crippen LogP contribution < -0.4 is 5.73 Å². The van der Waals surface area contributed by atoms with Crippen molar-refractivity contribution in [1.29, 1.82) is 0 Å². The molecular formula is C16H21ClN2. The minimum absolute atomic E-state index is 0.00735. The molecule has 0 amide bonds. The van der Waals surface area contributed by atoms with Crippen molar-refractivity contribution in [1.82, 2.24) is 4.98 Å². The molecule has 0 saturated heterocycles. The highest BCUT2D eigenvalue weighted by Gasteiger charge is 2.20.